The highest BCUT2D eigenvalue weighted by Crippen LogP contribution is 2.20. The van der Waals surface area contributed by atoms with E-state index in [1.165, 1.54) is 24.4 Å². The number of carbonyl (C=O) groups is 1. The summed E-state index contributed by atoms with van der Waals surface area (Å²) in [6.07, 6.45) is 1.23. The minimum absolute atomic E-state index is 0.0875. The van der Waals surface area contributed by atoms with E-state index in [9.17, 15) is 10.1 Å². The van der Waals surface area contributed by atoms with Gasteiger partial charge in [0.1, 0.15) is 0 Å². The molecule has 0 saturated heterocycles. The summed E-state index contributed by atoms with van der Waals surface area (Å²) in [5, 5.41) is 25.1. The molecule has 0 aliphatic heterocycles. The van der Waals surface area contributed by atoms with Gasteiger partial charge in [0.25, 0.3) is 11.7 Å². The van der Waals surface area contributed by atoms with Gasteiger partial charge in [0, 0.05) is 29.6 Å². The maximum absolute atomic E-state index is 10.5. The van der Waals surface area contributed by atoms with Crippen molar-refractivity contribution in [1.29, 1.82) is 0 Å². The molecule has 0 aromatic heterocycles. The topological polar surface area (TPSA) is 157 Å². The van der Waals surface area contributed by atoms with Gasteiger partial charge in [-0.05, 0) is 6.07 Å². The van der Waals surface area contributed by atoms with E-state index in [2.05, 4.69) is 10.2 Å². The Morgan fingerprint density at radius 3 is 2.50 bits per heavy atom. The van der Waals surface area contributed by atoms with Crippen molar-refractivity contribution < 1.29 is 14.8 Å². The van der Waals surface area contributed by atoms with Gasteiger partial charge in [-0.25, -0.2) is 0 Å². The number of carboxylic acids is 1. The SMILES string of the molecule is CC(=O)O.NC(N)=N/N=C/c1cc([N+](=O)[O-])ccc1Cl. The van der Waals surface area contributed by atoms with E-state index in [4.69, 9.17) is 33.0 Å². The van der Waals surface area contributed by atoms with Crippen molar-refractivity contribution in [2.75, 3.05) is 0 Å². The molecule has 5 N–H and O–H groups in total. The fraction of sp³-hybridized carbons (Fsp3) is 0.100. The van der Waals surface area contributed by atoms with Crippen molar-refractivity contribution in [3.8, 4) is 0 Å². The Labute approximate surface area is 118 Å². The monoisotopic (exact) mass is 301 g/mol. The largest absolute Gasteiger partial charge is 0.481 e. The maximum atomic E-state index is 10.5. The second kappa shape index (κ2) is 8.43. The molecule has 1 rings (SSSR count). The average molecular weight is 302 g/mol. The zero-order valence-electron chi connectivity index (χ0n) is 10.4. The summed E-state index contributed by atoms with van der Waals surface area (Å²) < 4.78 is 0. The molecule has 0 atom stereocenters. The molecule has 108 valence electrons. The lowest BCUT2D eigenvalue weighted by Crippen LogP contribution is -2.21. The Bertz CT molecular complexity index is 551. The third kappa shape index (κ3) is 7.61. The van der Waals surface area contributed by atoms with Crippen LogP contribution in [0.4, 0.5) is 5.69 Å². The second-order valence-corrected chi connectivity index (χ2v) is 3.66. The lowest BCUT2D eigenvalue weighted by Gasteiger charge is -1.96. The Morgan fingerprint density at radius 2 is 2.05 bits per heavy atom. The first kappa shape index (κ1) is 17.3. The molecule has 0 aliphatic rings. The van der Waals surface area contributed by atoms with Crippen molar-refractivity contribution in [2.45, 2.75) is 6.92 Å². The minimum Gasteiger partial charge on any atom is -0.481 e. The molecule has 9 nitrogen and oxygen atoms in total. The highest BCUT2D eigenvalue weighted by molar-refractivity contribution is 6.33. The Kier molecular flexibility index (Phi) is 7.30. The van der Waals surface area contributed by atoms with Crippen molar-refractivity contribution in [2.24, 2.45) is 21.7 Å². The molecule has 0 saturated carbocycles. The van der Waals surface area contributed by atoms with Crippen LogP contribution in [0.1, 0.15) is 12.5 Å². The Morgan fingerprint density at radius 1 is 1.50 bits per heavy atom. The molecular weight excluding hydrogens is 290 g/mol. The number of nitrogens with two attached hydrogens (primary N) is 2. The number of benzene rings is 1. The van der Waals surface area contributed by atoms with Gasteiger partial charge >= 0.3 is 0 Å². The van der Waals surface area contributed by atoms with Crippen LogP contribution in [0, 0.1) is 10.1 Å². The fourth-order valence-corrected chi connectivity index (χ4v) is 1.07. The smallest absolute Gasteiger partial charge is 0.300 e. The zero-order chi connectivity index (χ0) is 15.7. The third-order valence-electron chi connectivity index (χ3n) is 1.56. The quantitative estimate of drug-likeness (QED) is 0.326. The average Bonchev–Trinajstić information content (AvgIpc) is 2.30. The highest BCUT2D eigenvalue weighted by Gasteiger charge is 2.07. The predicted octanol–water partition coefficient (Wildman–Crippen LogP) is 0.946. The number of halogens is 1. The van der Waals surface area contributed by atoms with Gasteiger partial charge in [0.05, 0.1) is 11.1 Å². The lowest BCUT2D eigenvalue weighted by atomic mass is 10.2. The molecule has 0 fully saturated rings. The molecule has 10 heteroatoms. The number of aliphatic carboxylic acids is 1. The summed E-state index contributed by atoms with van der Waals surface area (Å²) in [4.78, 5) is 19.0. The number of nitro benzene ring substituents is 1. The lowest BCUT2D eigenvalue weighted by molar-refractivity contribution is -0.384. The molecule has 0 radical (unpaired) electrons. The van der Waals surface area contributed by atoms with E-state index in [1.807, 2.05) is 0 Å². The number of carboxylic acid groups (broad SMARTS) is 1. The minimum atomic E-state index is -0.833. The van der Waals surface area contributed by atoms with E-state index in [1.54, 1.807) is 0 Å². The molecule has 0 spiro atoms. The number of nitro groups is 1. The highest BCUT2D eigenvalue weighted by atomic mass is 35.5. The van der Waals surface area contributed by atoms with Crippen LogP contribution in [0.3, 0.4) is 0 Å². The van der Waals surface area contributed by atoms with Gasteiger partial charge < -0.3 is 16.6 Å². The van der Waals surface area contributed by atoms with Crippen molar-refractivity contribution in [3.05, 3.63) is 38.9 Å². The molecule has 20 heavy (non-hydrogen) atoms. The molecule has 1 aromatic rings. The first-order chi connectivity index (χ1) is 9.23. The summed E-state index contributed by atoms with van der Waals surface area (Å²) in [5.41, 5.74) is 10.4. The van der Waals surface area contributed by atoms with Crippen LogP contribution < -0.4 is 11.5 Å². The molecule has 0 unspecified atom stereocenters. The first-order valence-corrected chi connectivity index (χ1v) is 5.37. The number of hydrogen-bond donors (Lipinski definition) is 3. The number of nitrogens with zero attached hydrogens (tertiary/aromatic N) is 3. The van der Waals surface area contributed by atoms with Crippen LogP contribution in [-0.2, 0) is 4.79 Å². The van der Waals surface area contributed by atoms with Crippen molar-refractivity contribution >= 4 is 35.4 Å². The zero-order valence-corrected chi connectivity index (χ0v) is 11.1. The third-order valence-corrected chi connectivity index (χ3v) is 1.90. The molecule has 0 bridgehead atoms. The number of guanidine groups is 1. The van der Waals surface area contributed by atoms with E-state index < -0.39 is 10.9 Å². The number of rotatable bonds is 3. The number of non-ortho nitro benzene ring substituents is 1. The summed E-state index contributed by atoms with van der Waals surface area (Å²) >= 11 is 5.79. The van der Waals surface area contributed by atoms with Crippen LogP contribution >= 0.6 is 11.6 Å². The molecular formula is C10H12ClN5O4. The standard InChI is InChI=1S/C8H8ClN5O2.C2H4O2/c9-7-2-1-6(14(15)16)3-5(7)4-12-13-8(10)11;1-2(3)4/h1-4H,(H4,10,11,13);1H3,(H,3,4)/b12-4+;. The molecule has 0 heterocycles. The number of hydrogen-bond acceptors (Lipinski definition) is 5. The summed E-state index contributed by atoms with van der Waals surface area (Å²) in [6, 6.07) is 3.96. The second-order valence-electron chi connectivity index (χ2n) is 3.25. The summed E-state index contributed by atoms with van der Waals surface area (Å²) in [6.45, 7) is 1.08. The van der Waals surface area contributed by atoms with E-state index >= 15 is 0 Å². The van der Waals surface area contributed by atoms with Gasteiger partial charge in [0.15, 0.2) is 0 Å². The van der Waals surface area contributed by atoms with Crippen molar-refractivity contribution in [3.63, 3.8) is 0 Å². The van der Waals surface area contributed by atoms with Gasteiger partial charge in [-0.1, -0.05) is 11.6 Å². The van der Waals surface area contributed by atoms with Crippen LogP contribution in [0.15, 0.2) is 28.4 Å². The van der Waals surface area contributed by atoms with Gasteiger partial charge in [0.2, 0.25) is 5.96 Å². The molecule has 0 aliphatic carbocycles. The molecule has 1 aromatic carbocycles. The predicted molar refractivity (Wildman–Crippen MR) is 74.8 cm³/mol. The Balaban J connectivity index is 0.000000796. The molecule has 0 amide bonds. The van der Waals surface area contributed by atoms with E-state index in [-0.39, 0.29) is 11.6 Å². The van der Waals surface area contributed by atoms with Crippen LogP contribution in [0.5, 0.6) is 0 Å². The fourth-order valence-electron chi connectivity index (χ4n) is 0.901. The summed E-state index contributed by atoms with van der Waals surface area (Å²) in [5.74, 6) is -1.04. The van der Waals surface area contributed by atoms with E-state index in [0.29, 0.717) is 10.6 Å². The maximum Gasteiger partial charge on any atom is 0.300 e. The van der Waals surface area contributed by atoms with E-state index in [0.717, 1.165) is 6.92 Å². The van der Waals surface area contributed by atoms with Gasteiger partial charge in [-0.15, -0.1) is 5.10 Å². The summed E-state index contributed by atoms with van der Waals surface area (Å²) in [7, 11) is 0. The van der Waals surface area contributed by atoms with Gasteiger partial charge in [-0.3, -0.25) is 14.9 Å². The Hall–Kier alpha value is -2.68. The normalized spacial score (nSPS) is 9.50. The van der Waals surface area contributed by atoms with Crippen LogP contribution in [0.2, 0.25) is 5.02 Å². The van der Waals surface area contributed by atoms with Crippen LogP contribution in [-0.4, -0.2) is 28.2 Å². The van der Waals surface area contributed by atoms with Gasteiger partial charge in [-0.2, -0.15) is 5.10 Å². The van der Waals surface area contributed by atoms with Crippen molar-refractivity contribution in [1.82, 2.24) is 0 Å². The van der Waals surface area contributed by atoms with Crippen LogP contribution in [0.25, 0.3) is 0 Å². The first-order valence-electron chi connectivity index (χ1n) is 4.99.